The highest BCUT2D eigenvalue weighted by Crippen LogP contribution is 2.43. The van der Waals surface area contributed by atoms with Crippen LogP contribution in [0.25, 0.3) is 5.57 Å². The first kappa shape index (κ1) is 22.7. The van der Waals surface area contributed by atoms with E-state index in [1.165, 1.54) is 17.2 Å². The molecule has 1 saturated heterocycles. The summed E-state index contributed by atoms with van der Waals surface area (Å²) in [5.74, 6) is -0.238. The molecule has 2 atom stereocenters. The number of hydrogen-bond acceptors (Lipinski definition) is 4. The average molecular weight is 442 g/mol. The molecule has 0 saturated carbocycles. The number of unbranched alkanes of at least 4 members (excludes halogenated alkanes) is 2. The molecule has 0 bridgehead atoms. The predicted octanol–water partition coefficient (Wildman–Crippen LogP) is 5.13. The van der Waals surface area contributed by atoms with Crippen LogP contribution in [0.1, 0.15) is 49.7 Å². The largest absolute Gasteiger partial charge is 0.497 e. The summed E-state index contributed by atoms with van der Waals surface area (Å²) in [6.45, 7) is 3.43. The molecular weight excluding hydrogens is 409 g/mol. The Bertz CT molecular complexity index is 926. The number of carbonyl (C=O) groups is 1. The fraction of sp³-hybridized carbons (Fsp3) is 0.500. The molecule has 1 aromatic rings. The number of nitrogens with zero attached hydrogens (tertiary/aromatic N) is 1. The number of benzene rings is 1. The van der Waals surface area contributed by atoms with Gasteiger partial charge in [0.1, 0.15) is 11.6 Å². The van der Waals surface area contributed by atoms with E-state index in [0.717, 1.165) is 68.6 Å². The maximum atomic E-state index is 14.3. The molecule has 2 heterocycles. The van der Waals surface area contributed by atoms with E-state index < -0.39 is 5.97 Å². The number of allylic oxidation sites excluding steroid dienone is 2. The lowest BCUT2D eigenvalue weighted by molar-refractivity contribution is -0.137. The van der Waals surface area contributed by atoms with Gasteiger partial charge in [0.25, 0.3) is 0 Å². The third kappa shape index (κ3) is 5.30. The van der Waals surface area contributed by atoms with Gasteiger partial charge in [-0.25, -0.2) is 4.39 Å². The molecule has 5 nitrogen and oxygen atoms in total. The molecule has 32 heavy (non-hydrogen) atoms. The lowest BCUT2D eigenvalue weighted by Crippen LogP contribution is -2.32. The number of fused-ring (bicyclic) bond motifs is 2. The SMILES string of the molecule is COc1ccc2c(c1)COC1C=CC(F)=CC1C2=C1CCN(CCCCCC(=O)O)CC1. The van der Waals surface area contributed by atoms with Crippen LogP contribution in [0.2, 0.25) is 0 Å². The third-order valence-corrected chi connectivity index (χ3v) is 6.71. The zero-order valence-electron chi connectivity index (χ0n) is 18.7. The van der Waals surface area contributed by atoms with E-state index in [1.807, 2.05) is 18.2 Å². The van der Waals surface area contributed by atoms with Crippen LogP contribution < -0.4 is 4.74 Å². The van der Waals surface area contributed by atoms with Crippen LogP contribution in [0.15, 0.2) is 47.8 Å². The van der Waals surface area contributed by atoms with Crippen molar-refractivity contribution in [2.45, 2.75) is 51.2 Å². The summed E-state index contributed by atoms with van der Waals surface area (Å²) in [5, 5.41) is 8.77. The summed E-state index contributed by atoms with van der Waals surface area (Å²) < 4.78 is 25.9. The molecule has 2 aliphatic heterocycles. The van der Waals surface area contributed by atoms with Crippen molar-refractivity contribution in [2.24, 2.45) is 5.92 Å². The fourth-order valence-corrected chi connectivity index (χ4v) is 5.01. The Morgan fingerprint density at radius 3 is 2.81 bits per heavy atom. The monoisotopic (exact) mass is 441 g/mol. The number of methoxy groups -OCH3 is 1. The molecule has 1 N–H and O–H groups in total. The molecule has 0 radical (unpaired) electrons. The zero-order chi connectivity index (χ0) is 22.5. The number of piperidine rings is 1. The number of rotatable bonds is 7. The summed E-state index contributed by atoms with van der Waals surface area (Å²) >= 11 is 0. The Labute approximate surface area is 189 Å². The minimum Gasteiger partial charge on any atom is -0.497 e. The normalized spacial score (nSPS) is 23.2. The minimum absolute atomic E-state index is 0.118. The van der Waals surface area contributed by atoms with Crippen molar-refractivity contribution in [3.63, 3.8) is 0 Å². The van der Waals surface area contributed by atoms with Crippen molar-refractivity contribution in [3.05, 3.63) is 59.0 Å². The average Bonchev–Trinajstić information content (AvgIpc) is 2.95. The predicted molar refractivity (Wildman–Crippen MR) is 122 cm³/mol. The van der Waals surface area contributed by atoms with Crippen LogP contribution in [0.5, 0.6) is 5.75 Å². The second kappa shape index (κ2) is 10.5. The quantitative estimate of drug-likeness (QED) is 0.595. The standard InChI is InChI=1S/C26H32FNO4/c1-31-21-7-8-22-19(15-21)17-32-24-9-6-20(27)16-23(24)26(22)18-10-13-28(14-11-18)12-4-2-3-5-25(29)30/h6-9,15-16,23-24H,2-5,10-14,17H2,1H3,(H,29,30). The van der Waals surface area contributed by atoms with Crippen LogP contribution in [0.3, 0.4) is 0 Å². The highest BCUT2D eigenvalue weighted by Gasteiger charge is 2.33. The van der Waals surface area contributed by atoms with Gasteiger partial charge < -0.3 is 19.5 Å². The fourth-order valence-electron chi connectivity index (χ4n) is 5.01. The van der Waals surface area contributed by atoms with Gasteiger partial charge in [-0.3, -0.25) is 4.79 Å². The van der Waals surface area contributed by atoms with Gasteiger partial charge in [-0.05, 0) is 73.2 Å². The number of hydrogen-bond donors (Lipinski definition) is 1. The third-order valence-electron chi connectivity index (χ3n) is 6.71. The Morgan fingerprint density at radius 2 is 2.06 bits per heavy atom. The van der Waals surface area contributed by atoms with Crippen molar-refractivity contribution in [3.8, 4) is 5.75 Å². The molecule has 3 aliphatic rings. The van der Waals surface area contributed by atoms with Crippen LogP contribution in [-0.4, -0.2) is 48.8 Å². The van der Waals surface area contributed by atoms with Crippen LogP contribution >= 0.6 is 0 Å². The number of carboxylic acids is 1. The van der Waals surface area contributed by atoms with E-state index in [2.05, 4.69) is 11.0 Å². The zero-order valence-corrected chi connectivity index (χ0v) is 18.7. The number of carboxylic acid groups (broad SMARTS) is 1. The second-order valence-electron chi connectivity index (χ2n) is 8.80. The molecule has 0 aromatic heterocycles. The van der Waals surface area contributed by atoms with Crippen LogP contribution in [0.4, 0.5) is 4.39 Å². The first-order valence-corrected chi connectivity index (χ1v) is 11.6. The molecule has 1 aliphatic carbocycles. The summed E-state index contributed by atoms with van der Waals surface area (Å²) in [4.78, 5) is 13.1. The van der Waals surface area contributed by atoms with Crippen molar-refractivity contribution in [1.82, 2.24) is 4.90 Å². The van der Waals surface area contributed by atoms with Gasteiger partial charge in [0, 0.05) is 25.4 Å². The molecule has 4 rings (SSSR count). The van der Waals surface area contributed by atoms with Crippen molar-refractivity contribution in [2.75, 3.05) is 26.7 Å². The highest BCUT2D eigenvalue weighted by molar-refractivity contribution is 5.76. The Hall–Kier alpha value is -2.44. The van der Waals surface area contributed by atoms with Gasteiger partial charge in [-0.2, -0.15) is 0 Å². The lowest BCUT2D eigenvalue weighted by atomic mass is 9.79. The van der Waals surface area contributed by atoms with Gasteiger partial charge in [-0.15, -0.1) is 0 Å². The van der Waals surface area contributed by atoms with Crippen molar-refractivity contribution in [1.29, 1.82) is 0 Å². The van der Waals surface area contributed by atoms with Crippen LogP contribution in [-0.2, 0) is 16.1 Å². The molecule has 1 aromatic carbocycles. The van der Waals surface area contributed by atoms with Gasteiger partial charge in [0.15, 0.2) is 0 Å². The van der Waals surface area contributed by atoms with Crippen LogP contribution in [0, 0.1) is 5.92 Å². The molecule has 2 unspecified atom stereocenters. The molecule has 6 heteroatoms. The van der Waals surface area contributed by atoms with Gasteiger partial charge >= 0.3 is 5.97 Å². The van der Waals surface area contributed by atoms with E-state index in [-0.39, 0.29) is 24.3 Å². The number of likely N-dealkylation sites (tertiary alicyclic amines) is 1. The summed E-state index contributed by atoms with van der Waals surface area (Å²) in [7, 11) is 1.66. The molecule has 0 amide bonds. The first-order valence-electron chi connectivity index (χ1n) is 11.6. The minimum atomic E-state index is -0.717. The Kier molecular flexibility index (Phi) is 7.43. The number of aliphatic carboxylic acids is 1. The molecule has 172 valence electrons. The topological polar surface area (TPSA) is 59.0 Å². The van der Waals surface area contributed by atoms with Gasteiger partial charge in [0.2, 0.25) is 0 Å². The molecule has 0 spiro atoms. The maximum Gasteiger partial charge on any atom is 0.303 e. The number of halogens is 1. The Balaban J connectivity index is 1.52. The van der Waals surface area contributed by atoms with E-state index in [9.17, 15) is 9.18 Å². The summed E-state index contributed by atoms with van der Waals surface area (Å²) in [6, 6.07) is 6.11. The smallest absolute Gasteiger partial charge is 0.303 e. The summed E-state index contributed by atoms with van der Waals surface area (Å²) in [6.07, 6.45) is 9.78. The highest BCUT2D eigenvalue weighted by atomic mass is 19.1. The number of ether oxygens (including phenoxy) is 2. The summed E-state index contributed by atoms with van der Waals surface area (Å²) in [5.41, 5.74) is 4.84. The molecular formula is C26H32FNO4. The second-order valence-corrected chi connectivity index (χ2v) is 8.80. The Morgan fingerprint density at radius 1 is 1.25 bits per heavy atom. The lowest BCUT2D eigenvalue weighted by Gasteiger charge is -2.33. The maximum absolute atomic E-state index is 14.3. The van der Waals surface area contributed by atoms with E-state index in [4.69, 9.17) is 14.6 Å². The van der Waals surface area contributed by atoms with Gasteiger partial charge in [0.05, 0.1) is 19.8 Å². The van der Waals surface area contributed by atoms with E-state index >= 15 is 0 Å². The van der Waals surface area contributed by atoms with E-state index in [1.54, 1.807) is 13.2 Å². The van der Waals surface area contributed by atoms with Gasteiger partial charge in [-0.1, -0.05) is 24.1 Å². The van der Waals surface area contributed by atoms with Crippen molar-refractivity contribution >= 4 is 11.5 Å². The van der Waals surface area contributed by atoms with E-state index in [0.29, 0.717) is 6.61 Å². The first-order chi connectivity index (χ1) is 15.5. The molecule has 1 fully saturated rings. The van der Waals surface area contributed by atoms with Crippen molar-refractivity contribution < 1.29 is 23.8 Å².